The molecule has 6 heteroatoms. The molecule has 1 aromatic rings. The standard InChI is InChI=1S/C15H16BrNO4/c1-8(2)15(3)7-12(18)17(14(15)21)11-5-4-9(13(19)20)6-10(11)16/h4-6,8H,7H2,1-3H3,(H,19,20). The van der Waals surface area contributed by atoms with Crippen LogP contribution in [0.15, 0.2) is 22.7 Å². The van der Waals surface area contributed by atoms with Crippen LogP contribution >= 0.6 is 15.9 Å². The number of hydrogen-bond acceptors (Lipinski definition) is 3. The molecule has 21 heavy (non-hydrogen) atoms. The van der Waals surface area contributed by atoms with Gasteiger partial charge in [-0.05, 0) is 47.0 Å². The molecule has 112 valence electrons. The Morgan fingerprint density at radius 3 is 2.43 bits per heavy atom. The Bertz CT molecular complexity index is 641. The number of carbonyl (C=O) groups is 3. The van der Waals surface area contributed by atoms with Crippen LogP contribution in [0, 0.1) is 11.3 Å². The Kier molecular flexibility index (Phi) is 3.93. The summed E-state index contributed by atoms with van der Waals surface area (Å²) in [6.45, 7) is 5.62. The van der Waals surface area contributed by atoms with Crippen LogP contribution in [-0.2, 0) is 9.59 Å². The van der Waals surface area contributed by atoms with Crippen molar-refractivity contribution >= 4 is 39.4 Å². The van der Waals surface area contributed by atoms with E-state index in [0.29, 0.717) is 10.2 Å². The number of imide groups is 1. The summed E-state index contributed by atoms with van der Waals surface area (Å²) in [6, 6.07) is 4.26. The van der Waals surface area contributed by atoms with E-state index >= 15 is 0 Å². The SMILES string of the molecule is CC(C)C1(C)CC(=O)N(c2ccc(C(=O)O)cc2Br)C1=O. The molecule has 0 saturated carbocycles. The van der Waals surface area contributed by atoms with Gasteiger partial charge in [0.15, 0.2) is 0 Å². The van der Waals surface area contributed by atoms with Crippen molar-refractivity contribution in [1.29, 1.82) is 0 Å². The number of amides is 2. The maximum absolute atomic E-state index is 12.6. The normalized spacial score (nSPS) is 22.2. The van der Waals surface area contributed by atoms with E-state index in [0.717, 1.165) is 4.90 Å². The lowest BCUT2D eigenvalue weighted by atomic mass is 9.78. The van der Waals surface area contributed by atoms with E-state index in [4.69, 9.17) is 5.11 Å². The Morgan fingerprint density at radius 1 is 1.38 bits per heavy atom. The Balaban J connectivity index is 2.46. The highest BCUT2D eigenvalue weighted by atomic mass is 79.9. The maximum Gasteiger partial charge on any atom is 0.335 e. The predicted molar refractivity (Wildman–Crippen MR) is 81.2 cm³/mol. The Morgan fingerprint density at radius 2 is 2.00 bits per heavy atom. The molecule has 1 N–H and O–H groups in total. The Hall–Kier alpha value is -1.69. The van der Waals surface area contributed by atoms with Gasteiger partial charge in [0.05, 0.1) is 16.7 Å². The smallest absolute Gasteiger partial charge is 0.335 e. The zero-order valence-corrected chi connectivity index (χ0v) is 13.6. The first-order chi connectivity index (χ1) is 9.68. The van der Waals surface area contributed by atoms with Gasteiger partial charge < -0.3 is 5.11 Å². The van der Waals surface area contributed by atoms with Gasteiger partial charge in [0.2, 0.25) is 11.8 Å². The number of hydrogen-bond donors (Lipinski definition) is 1. The van der Waals surface area contributed by atoms with Crippen molar-refractivity contribution in [3.05, 3.63) is 28.2 Å². The van der Waals surface area contributed by atoms with Gasteiger partial charge in [0, 0.05) is 10.9 Å². The first-order valence-corrected chi connectivity index (χ1v) is 7.38. The number of carboxylic acids is 1. The third kappa shape index (κ3) is 2.48. The third-order valence-corrected chi connectivity index (χ3v) is 4.80. The minimum atomic E-state index is -1.06. The van der Waals surface area contributed by atoms with Crippen LogP contribution in [0.3, 0.4) is 0 Å². The van der Waals surface area contributed by atoms with E-state index in [9.17, 15) is 14.4 Å². The number of carbonyl (C=O) groups excluding carboxylic acids is 2. The van der Waals surface area contributed by atoms with Crippen molar-refractivity contribution in [3.8, 4) is 0 Å². The Labute approximate surface area is 131 Å². The van der Waals surface area contributed by atoms with Crippen molar-refractivity contribution < 1.29 is 19.5 Å². The van der Waals surface area contributed by atoms with Crippen molar-refractivity contribution in [2.24, 2.45) is 11.3 Å². The van der Waals surface area contributed by atoms with Crippen molar-refractivity contribution in [2.45, 2.75) is 27.2 Å². The van der Waals surface area contributed by atoms with Crippen LogP contribution < -0.4 is 4.90 Å². The number of halogens is 1. The summed E-state index contributed by atoms with van der Waals surface area (Å²) in [6.07, 6.45) is 0.163. The van der Waals surface area contributed by atoms with E-state index in [2.05, 4.69) is 15.9 Å². The van der Waals surface area contributed by atoms with Crippen LogP contribution in [0.5, 0.6) is 0 Å². The highest BCUT2D eigenvalue weighted by Gasteiger charge is 2.50. The van der Waals surface area contributed by atoms with Gasteiger partial charge in [-0.15, -0.1) is 0 Å². The molecule has 1 unspecified atom stereocenters. The molecule has 1 saturated heterocycles. The van der Waals surface area contributed by atoms with Crippen LogP contribution in [0.4, 0.5) is 5.69 Å². The molecule has 1 aliphatic rings. The van der Waals surface area contributed by atoms with Crippen LogP contribution in [0.1, 0.15) is 37.6 Å². The molecule has 5 nitrogen and oxygen atoms in total. The summed E-state index contributed by atoms with van der Waals surface area (Å²) in [4.78, 5) is 36.9. The van der Waals surface area contributed by atoms with Crippen LogP contribution in [0.2, 0.25) is 0 Å². The molecule has 2 amide bonds. The molecule has 0 spiro atoms. The lowest BCUT2D eigenvalue weighted by Gasteiger charge is -2.26. The fraction of sp³-hybridized carbons (Fsp3) is 0.400. The number of nitrogens with zero attached hydrogens (tertiary/aromatic N) is 1. The second kappa shape index (κ2) is 5.26. The van der Waals surface area contributed by atoms with Gasteiger partial charge in [-0.25, -0.2) is 9.69 Å². The van der Waals surface area contributed by atoms with Crippen molar-refractivity contribution in [3.63, 3.8) is 0 Å². The fourth-order valence-corrected chi connectivity index (χ4v) is 2.91. The lowest BCUT2D eigenvalue weighted by molar-refractivity contribution is -0.126. The fourth-order valence-electron chi connectivity index (χ4n) is 2.35. The first kappa shape index (κ1) is 15.7. The van der Waals surface area contributed by atoms with Gasteiger partial charge in [-0.2, -0.15) is 0 Å². The van der Waals surface area contributed by atoms with Crippen molar-refractivity contribution in [1.82, 2.24) is 0 Å². The number of benzene rings is 1. The predicted octanol–water partition coefficient (Wildman–Crippen LogP) is 3.07. The van der Waals surface area contributed by atoms with Gasteiger partial charge in [-0.3, -0.25) is 9.59 Å². The highest BCUT2D eigenvalue weighted by molar-refractivity contribution is 9.10. The first-order valence-electron chi connectivity index (χ1n) is 6.58. The van der Waals surface area contributed by atoms with Crippen LogP contribution in [0.25, 0.3) is 0 Å². The molecule has 1 heterocycles. The number of carboxylic acid groups (broad SMARTS) is 1. The number of anilines is 1. The van der Waals surface area contributed by atoms with E-state index in [1.807, 2.05) is 13.8 Å². The minimum Gasteiger partial charge on any atom is -0.478 e. The average molecular weight is 354 g/mol. The number of rotatable bonds is 3. The minimum absolute atomic E-state index is 0.0380. The van der Waals surface area contributed by atoms with E-state index in [-0.39, 0.29) is 29.7 Å². The summed E-state index contributed by atoms with van der Waals surface area (Å²) < 4.78 is 0.414. The highest BCUT2D eigenvalue weighted by Crippen LogP contribution is 2.43. The van der Waals surface area contributed by atoms with Gasteiger partial charge in [-0.1, -0.05) is 13.8 Å². The third-order valence-electron chi connectivity index (χ3n) is 4.17. The summed E-state index contributed by atoms with van der Waals surface area (Å²) in [5.41, 5.74) is -0.238. The molecule has 0 aliphatic carbocycles. The lowest BCUT2D eigenvalue weighted by Crippen LogP contribution is -2.37. The molecule has 1 atom stereocenters. The topological polar surface area (TPSA) is 74.7 Å². The second-order valence-corrected chi connectivity index (χ2v) is 6.61. The van der Waals surface area contributed by atoms with Gasteiger partial charge >= 0.3 is 5.97 Å². The number of aromatic carboxylic acids is 1. The van der Waals surface area contributed by atoms with Gasteiger partial charge in [0.1, 0.15) is 0 Å². The average Bonchev–Trinajstić information content (AvgIpc) is 2.62. The van der Waals surface area contributed by atoms with E-state index in [1.165, 1.54) is 18.2 Å². The molecule has 2 rings (SSSR count). The molecule has 1 fully saturated rings. The molecular weight excluding hydrogens is 338 g/mol. The zero-order valence-electron chi connectivity index (χ0n) is 12.0. The van der Waals surface area contributed by atoms with E-state index in [1.54, 1.807) is 6.92 Å². The maximum atomic E-state index is 12.6. The molecule has 1 aliphatic heterocycles. The summed E-state index contributed by atoms with van der Waals surface area (Å²) in [5, 5.41) is 8.96. The largest absolute Gasteiger partial charge is 0.478 e. The summed E-state index contributed by atoms with van der Waals surface area (Å²) in [7, 11) is 0. The molecule has 1 aromatic carbocycles. The molecule has 0 bridgehead atoms. The molecular formula is C15H16BrNO4. The second-order valence-electron chi connectivity index (χ2n) is 5.75. The summed E-state index contributed by atoms with van der Waals surface area (Å²) >= 11 is 3.25. The van der Waals surface area contributed by atoms with Gasteiger partial charge in [0.25, 0.3) is 0 Å². The quantitative estimate of drug-likeness (QED) is 0.847. The molecule has 0 aromatic heterocycles. The van der Waals surface area contributed by atoms with E-state index < -0.39 is 11.4 Å². The zero-order chi connectivity index (χ0) is 15.9. The monoisotopic (exact) mass is 353 g/mol. The molecule has 0 radical (unpaired) electrons. The van der Waals surface area contributed by atoms with Crippen LogP contribution in [-0.4, -0.2) is 22.9 Å². The summed E-state index contributed by atoms with van der Waals surface area (Å²) in [5.74, 6) is -1.53. The van der Waals surface area contributed by atoms with Crippen molar-refractivity contribution in [2.75, 3.05) is 4.90 Å².